The van der Waals surface area contributed by atoms with E-state index in [1.165, 1.54) is 0 Å². The van der Waals surface area contributed by atoms with Gasteiger partial charge in [0.15, 0.2) is 0 Å². The van der Waals surface area contributed by atoms with Crippen LogP contribution in [-0.4, -0.2) is 90.9 Å². The second-order valence-corrected chi connectivity index (χ2v) is 9.22. The Morgan fingerprint density at radius 2 is 1.75 bits per heavy atom. The van der Waals surface area contributed by atoms with Crippen LogP contribution in [0.15, 0.2) is 47.1 Å². The fourth-order valence-corrected chi connectivity index (χ4v) is 4.90. The van der Waals surface area contributed by atoms with Crippen LogP contribution in [0.25, 0.3) is 5.57 Å². The molecule has 1 aromatic carbocycles. The van der Waals surface area contributed by atoms with Gasteiger partial charge in [0, 0.05) is 44.7 Å². The molecule has 0 spiro atoms. The molecule has 2 fully saturated rings. The molecule has 2 atom stereocenters. The van der Waals surface area contributed by atoms with Gasteiger partial charge in [-0.2, -0.15) is 0 Å². The van der Waals surface area contributed by atoms with Crippen molar-refractivity contribution in [2.45, 2.75) is 18.5 Å². The molecule has 1 aliphatic carbocycles. The van der Waals surface area contributed by atoms with E-state index in [4.69, 9.17) is 10.5 Å². The lowest BCUT2D eigenvalue weighted by Gasteiger charge is -2.43. The number of amides is 2. The molecule has 0 radical (unpaired) electrons. The maximum atomic E-state index is 13.0. The zero-order valence-corrected chi connectivity index (χ0v) is 18.5. The first-order chi connectivity index (χ1) is 15.4. The van der Waals surface area contributed by atoms with E-state index in [2.05, 4.69) is 36.0 Å². The Bertz CT molecular complexity index is 1020. The minimum Gasteiger partial charge on any atom is -0.376 e. The van der Waals surface area contributed by atoms with Crippen LogP contribution in [0.3, 0.4) is 0 Å². The number of likely N-dealkylation sites (N-methyl/N-ethyl adjacent to an activating group) is 1. The largest absolute Gasteiger partial charge is 0.376 e. The number of piperazine rings is 1. The summed E-state index contributed by atoms with van der Waals surface area (Å²) in [6, 6.07) is 8.07. The van der Waals surface area contributed by atoms with Gasteiger partial charge in [0.2, 0.25) is 5.91 Å². The molecule has 1 aromatic rings. The van der Waals surface area contributed by atoms with Gasteiger partial charge in [0.1, 0.15) is 5.54 Å². The molecule has 8 heteroatoms. The number of ether oxygens (including phenoxy) is 1. The first-order valence-corrected chi connectivity index (χ1v) is 11.1. The van der Waals surface area contributed by atoms with Crippen molar-refractivity contribution in [3.63, 3.8) is 0 Å². The van der Waals surface area contributed by atoms with E-state index in [0.717, 1.165) is 16.8 Å². The molecule has 3 heterocycles. The first-order valence-electron chi connectivity index (χ1n) is 11.1. The Balaban J connectivity index is 1.22. The molecular weight excluding hydrogens is 406 g/mol. The van der Waals surface area contributed by atoms with E-state index in [0.29, 0.717) is 43.7 Å². The van der Waals surface area contributed by atoms with E-state index >= 15 is 0 Å². The quantitative estimate of drug-likeness (QED) is 0.764. The molecule has 4 aliphatic rings. The first kappa shape index (κ1) is 20.9. The zero-order chi connectivity index (χ0) is 22.5. The molecule has 5 rings (SSSR count). The molecule has 2 unspecified atom stereocenters. The number of benzene rings is 1. The lowest BCUT2D eigenvalue weighted by Crippen LogP contribution is -2.68. The van der Waals surface area contributed by atoms with Crippen molar-refractivity contribution in [2.75, 3.05) is 46.4 Å². The third-order valence-electron chi connectivity index (χ3n) is 6.84. The predicted molar refractivity (Wildman–Crippen MR) is 122 cm³/mol. The number of rotatable bonds is 3. The van der Waals surface area contributed by atoms with Gasteiger partial charge in [0.25, 0.3) is 5.91 Å². The summed E-state index contributed by atoms with van der Waals surface area (Å²) in [7, 11) is 2.05. The van der Waals surface area contributed by atoms with Gasteiger partial charge in [-0.05, 0) is 29.3 Å². The van der Waals surface area contributed by atoms with Crippen molar-refractivity contribution < 1.29 is 14.3 Å². The molecule has 32 heavy (non-hydrogen) atoms. The predicted octanol–water partition coefficient (Wildman–Crippen LogP) is 0.958. The van der Waals surface area contributed by atoms with Crippen molar-refractivity contribution in [3.8, 4) is 0 Å². The van der Waals surface area contributed by atoms with Crippen LogP contribution in [0.2, 0.25) is 0 Å². The number of carbonyl (C=O) groups is 2. The molecule has 0 bridgehead atoms. The number of hydrogen-bond donors (Lipinski definition) is 1. The molecule has 0 saturated carbocycles. The molecule has 0 aromatic heterocycles. The Morgan fingerprint density at radius 1 is 1.09 bits per heavy atom. The monoisotopic (exact) mass is 435 g/mol. The average Bonchev–Trinajstić information content (AvgIpc) is 3.18. The minimum absolute atomic E-state index is 0.00971. The summed E-state index contributed by atoms with van der Waals surface area (Å²) in [5.74, 6) is 0.269. The topological polar surface area (TPSA) is 91.5 Å². The number of allylic oxidation sites excluding steroid dienone is 2. The lowest BCUT2D eigenvalue weighted by molar-refractivity contribution is -0.155. The molecule has 2 saturated heterocycles. The van der Waals surface area contributed by atoms with Crippen LogP contribution in [0.5, 0.6) is 0 Å². The highest BCUT2D eigenvalue weighted by Gasteiger charge is 2.45. The average molecular weight is 436 g/mol. The van der Waals surface area contributed by atoms with Gasteiger partial charge in [-0.1, -0.05) is 25.1 Å². The van der Waals surface area contributed by atoms with Crippen molar-refractivity contribution in [2.24, 2.45) is 16.6 Å². The summed E-state index contributed by atoms with van der Waals surface area (Å²) in [4.78, 5) is 35.8. The fraction of sp³-hybridized carbons (Fsp3) is 0.458. The van der Waals surface area contributed by atoms with Crippen molar-refractivity contribution in [1.29, 1.82) is 0 Å². The summed E-state index contributed by atoms with van der Waals surface area (Å²) in [5.41, 5.74) is 9.13. The van der Waals surface area contributed by atoms with Crippen LogP contribution in [0, 0.1) is 5.92 Å². The second kappa shape index (κ2) is 7.86. The van der Waals surface area contributed by atoms with Gasteiger partial charge in [-0.15, -0.1) is 0 Å². The number of nitrogens with zero attached hydrogens (tertiary/aromatic N) is 4. The van der Waals surface area contributed by atoms with Crippen LogP contribution in [-0.2, 0) is 9.53 Å². The van der Waals surface area contributed by atoms with E-state index in [1.54, 1.807) is 9.80 Å². The number of hydrogen-bond acceptors (Lipinski definition) is 6. The second-order valence-electron chi connectivity index (χ2n) is 9.22. The lowest BCUT2D eigenvalue weighted by atomic mass is 9.87. The number of carbonyl (C=O) groups excluding carboxylic acids is 2. The highest BCUT2D eigenvalue weighted by Crippen LogP contribution is 2.34. The van der Waals surface area contributed by atoms with Crippen LogP contribution in [0.1, 0.15) is 22.8 Å². The Hall–Kier alpha value is -2.97. The van der Waals surface area contributed by atoms with Crippen molar-refractivity contribution in [3.05, 3.63) is 53.2 Å². The Kier molecular flexibility index (Phi) is 5.14. The minimum atomic E-state index is -0.887. The maximum Gasteiger partial charge on any atom is 0.253 e. The van der Waals surface area contributed by atoms with Gasteiger partial charge in [-0.3, -0.25) is 9.59 Å². The van der Waals surface area contributed by atoms with Crippen LogP contribution >= 0.6 is 0 Å². The van der Waals surface area contributed by atoms with Crippen molar-refractivity contribution in [1.82, 2.24) is 14.7 Å². The molecule has 8 nitrogen and oxygen atoms in total. The summed E-state index contributed by atoms with van der Waals surface area (Å²) in [6.45, 7) is 4.75. The Morgan fingerprint density at radius 3 is 2.38 bits per heavy atom. The SMILES string of the molecule is CC1C=C(c2ccc(C(=O)N3CCN(C(=O)C4(N)COC4)CC3)cc2)C=C2N=CN(C)C21. The standard InChI is InChI=1S/C24H29N5O3/c1-16-11-19(12-20-21(16)27(2)15-26-20)17-3-5-18(6-4-17)22(30)28-7-9-29(10-8-28)23(31)24(25)13-32-14-24/h3-6,11-12,15-16,21H,7-10,13-14,25H2,1-2H3. The van der Waals surface area contributed by atoms with Gasteiger partial charge >= 0.3 is 0 Å². The fourth-order valence-electron chi connectivity index (χ4n) is 4.90. The Labute approximate surface area is 188 Å². The van der Waals surface area contributed by atoms with Gasteiger partial charge in [0.05, 0.1) is 31.3 Å². The van der Waals surface area contributed by atoms with Crippen LogP contribution in [0.4, 0.5) is 0 Å². The third kappa shape index (κ3) is 3.53. The molecule has 168 valence electrons. The summed E-state index contributed by atoms with van der Waals surface area (Å²) < 4.78 is 5.10. The summed E-state index contributed by atoms with van der Waals surface area (Å²) in [5, 5.41) is 0. The zero-order valence-electron chi connectivity index (χ0n) is 18.5. The summed E-state index contributed by atoms with van der Waals surface area (Å²) >= 11 is 0. The van der Waals surface area contributed by atoms with Crippen LogP contribution < -0.4 is 5.73 Å². The van der Waals surface area contributed by atoms with Crippen molar-refractivity contribution >= 4 is 23.7 Å². The normalized spacial score (nSPS) is 26.3. The van der Waals surface area contributed by atoms with Gasteiger partial charge in [-0.25, -0.2) is 4.99 Å². The molecule has 3 aliphatic heterocycles. The van der Waals surface area contributed by atoms with E-state index in [1.807, 2.05) is 30.6 Å². The number of aliphatic imine (C=N–C) groups is 1. The summed E-state index contributed by atoms with van der Waals surface area (Å²) in [6.07, 6.45) is 6.28. The van der Waals surface area contributed by atoms with E-state index in [-0.39, 0.29) is 25.0 Å². The number of nitrogens with two attached hydrogens (primary N) is 1. The van der Waals surface area contributed by atoms with Gasteiger partial charge < -0.3 is 25.2 Å². The number of fused-ring (bicyclic) bond motifs is 1. The highest BCUT2D eigenvalue weighted by atomic mass is 16.5. The van der Waals surface area contributed by atoms with E-state index in [9.17, 15) is 9.59 Å². The third-order valence-corrected chi connectivity index (χ3v) is 6.84. The maximum absolute atomic E-state index is 13.0. The highest BCUT2D eigenvalue weighted by molar-refractivity contribution is 5.95. The smallest absolute Gasteiger partial charge is 0.253 e. The molecule has 2 amide bonds. The molecule has 2 N–H and O–H groups in total. The van der Waals surface area contributed by atoms with E-state index < -0.39 is 5.54 Å². The molecular formula is C24H29N5O3.